The highest BCUT2D eigenvalue weighted by molar-refractivity contribution is 6.30. The molecule has 0 unspecified atom stereocenters. The van der Waals surface area contributed by atoms with Crippen LogP contribution in [0, 0.1) is 0 Å². The van der Waals surface area contributed by atoms with Crippen LogP contribution < -0.4 is 10.1 Å². The van der Waals surface area contributed by atoms with Crippen LogP contribution in [0.3, 0.4) is 0 Å². The Morgan fingerprint density at radius 3 is 2.86 bits per heavy atom. The maximum atomic E-state index is 12.0. The molecule has 0 aliphatic carbocycles. The van der Waals surface area contributed by atoms with Gasteiger partial charge in [-0.05, 0) is 18.2 Å². The standard InChI is InChI=1S/C15H20ClNO4/c1-20-13-3-2-12(16)8-11(13)9-14(18)17-10-15(19)4-6-21-7-5-15/h2-3,8,19H,4-7,9-10H2,1H3,(H,17,18). The zero-order valence-corrected chi connectivity index (χ0v) is 12.8. The Kier molecular flexibility index (Phi) is 5.45. The van der Waals surface area contributed by atoms with Crippen molar-refractivity contribution in [3.63, 3.8) is 0 Å². The molecule has 2 rings (SSSR count). The fourth-order valence-electron chi connectivity index (χ4n) is 2.31. The van der Waals surface area contributed by atoms with Crippen molar-refractivity contribution < 1.29 is 19.4 Å². The van der Waals surface area contributed by atoms with Crippen molar-refractivity contribution in [1.29, 1.82) is 0 Å². The van der Waals surface area contributed by atoms with Crippen molar-refractivity contribution >= 4 is 17.5 Å². The number of rotatable bonds is 5. The summed E-state index contributed by atoms with van der Waals surface area (Å²) in [4.78, 5) is 12.0. The average Bonchev–Trinajstić information content (AvgIpc) is 2.46. The van der Waals surface area contributed by atoms with Gasteiger partial charge in [-0.15, -0.1) is 0 Å². The van der Waals surface area contributed by atoms with Gasteiger partial charge in [-0.3, -0.25) is 4.79 Å². The van der Waals surface area contributed by atoms with Crippen molar-refractivity contribution in [3.8, 4) is 5.75 Å². The number of carbonyl (C=O) groups is 1. The lowest BCUT2D eigenvalue weighted by molar-refractivity contribution is -0.123. The normalized spacial score (nSPS) is 17.3. The number of amides is 1. The summed E-state index contributed by atoms with van der Waals surface area (Å²) in [5.74, 6) is 0.454. The Balaban J connectivity index is 1.91. The van der Waals surface area contributed by atoms with Gasteiger partial charge in [0.15, 0.2) is 0 Å². The second kappa shape index (κ2) is 7.11. The molecule has 0 spiro atoms. The molecule has 1 fully saturated rings. The molecule has 2 N–H and O–H groups in total. The molecule has 116 valence electrons. The van der Waals surface area contributed by atoms with Gasteiger partial charge >= 0.3 is 0 Å². The molecule has 6 heteroatoms. The number of hydrogen-bond donors (Lipinski definition) is 2. The summed E-state index contributed by atoms with van der Waals surface area (Å²) >= 11 is 5.94. The molecule has 0 atom stereocenters. The Bertz CT molecular complexity index is 500. The number of halogens is 1. The monoisotopic (exact) mass is 313 g/mol. The van der Waals surface area contributed by atoms with Crippen LogP contribution in [0.25, 0.3) is 0 Å². The van der Waals surface area contributed by atoms with E-state index in [0.717, 1.165) is 5.56 Å². The molecule has 1 aromatic rings. The largest absolute Gasteiger partial charge is 0.496 e. The summed E-state index contributed by atoms with van der Waals surface area (Å²) < 4.78 is 10.4. The van der Waals surface area contributed by atoms with Crippen molar-refractivity contribution in [1.82, 2.24) is 5.32 Å². The smallest absolute Gasteiger partial charge is 0.224 e. The van der Waals surface area contributed by atoms with Gasteiger partial charge in [0.25, 0.3) is 0 Å². The third-order valence-corrected chi connectivity index (χ3v) is 3.87. The van der Waals surface area contributed by atoms with Crippen LogP contribution in [-0.4, -0.2) is 43.5 Å². The van der Waals surface area contributed by atoms with Gasteiger partial charge in [-0.25, -0.2) is 0 Å². The lowest BCUT2D eigenvalue weighted by Gasteiger charge is -2.32. The molecule has 5 nitrogen and oxygen atoms in total. The van der Waals surface area contributed by atoms with Crippen molar-refractivity contribution in [2.24, 2.45) is 0 Å². The molecule has 0 radical (unpaired) electrons. The number of nitrogens with one attached hydrogen (secondary N) is 1. The minimum atomic E-state index is -0.869. The molecule has 1 heterocycles. The van der Waals surface area contributed by atoms with Crippen LogP contribution in [-0.2, 0) is 16.0 Å². The van der Waals surface area contributed by atoms with E-state index in [1.807, 2.05) is 0 Å². The fraction of sp³-hybridized carbons (Fsp3) is 0.533. The van der Waals surface area contributed by atoms with Crippen LogP contribution in [0.5, 0.6) is 5.75 Å². The lowest BCUT2D eigenvalue weighted by Crippen LogP contribution is -2.46. The summed E-state index contributed by atoms with van der Waals surface area (Å²) in [5.41, 5.74) is -0.145. The lowest BCUT2D eigenvalue weighted by atomic mass is 9.94. The molecule has 1 aliphatic rings. The molecule has 0 aromatic heterocycles. The first-order valence-electron chi connectivity index (χ1n) is 6.92. The van der Waals surface area contributed by atoms with Crippen LogP contribution in [0.15, 0.2) is 18.2 Å². The Labute approximate surface area is 129 Å². The van der Waals surface area contributed by atoms with Crippen LogP contribution >= 0.6 is 11.6 Å². The van der Waals surface area contributed by atoms with Gasteiger partial charge in [-0.1, -0.05) is 11.6 Å². The second-order valence-corrected chi connectivity index (χ2v) is 5.68. The first-order chi connectivity index (χ1) is 10.0. The number of benzene rings is 1. The second-order valence-electron chi connectivity index (χ2n) is 5.25. The van der Waals surface area contributed by atoms with E-state index in [9.17, 15) is 9.90 Å². The maximum absolute atomic E-state index is 12.0. The third-order valence-electron chi connectivity index (χ3n) is 3.63. The minimum Gasteiger partial charge on any atom is -0.496 e. The highest BCUT2D eigenvalue weighted by Crippen LogP contribution is 2.23. The van der Waals surface area contributed by atoms with Crippen LogP contribution in [0.2, 0.25) is 5.02 Å². The molecule has 1 aliphatic heterocycles. The molecule has 21 heavy (non-hydrogen) atoms. The molecule has 1 aromatic carbocycles. The predicted molar refractivity (Wildman–Crippen MR) is 79.7 cm³/mol. The summed E-state index contributed by atoms with van der Waals surface area (Å²) in [7, 11) is 1.55. The first kappa shape index (κ1) is 16.1. The van der Waals surface area contributed by atoms with Crippen molar-refractivity contribution in [2.75, 3.05) is 26.9 Å². The SMILES string of the molecule is COc1ccc(Cl)cc1CC(=O)NCC1(O)CCOCC1. The van der Waals surface area contributed by atoms with E-state index in [2.05, 4.69) is 5.32 Å². The summed E-state index contributed by atoms with van der Waals surface area (Å²) in [6.07, 6.45) is 1.23. The molecular weight excluding hydrogens is 294 g/mol. The van der Waals surface area contributed by atoms with E-state index in [-0.39, 0.29) is 18.9 Å². The predicted octanol–water partition coefficient (Wildman–Crippen LogP) is 1.55. The highest BCUT2D eigenvalue weighted by Gasteiger charge is 2.30. The van der Waals surface area contributed by atoms with Gasteiger partial charge in [0, 0.05) is 43.2 Å². The van der Waals surface area contributed by atoms with Crippen LogP contribution in [0.4, 0.5) is 0 Å². The van der Waals surface area contributed by atoms with Crippen LogP contribution in [0.1, 0.15) is 18.4 Å². The number of ether oxygens (including phenoxy) is 2. The quantitative estimate of drug-likeness (QED) is 0.865. The van der Waals surface area contributed by atoms with E-state index in [1.54, 1.807) is 25.3 Å². The Hall–Kier alpha value is -1.30. The van der Waals surface area contributed by atoms with E-state index < -0.39 is 5.60 Å². The number of methoxy groups -OCH3 is 1. The fourth-order valence-corrected chi connectivity index (χ4v) is 2.51. The number of aliphatic hydroxyl groups is 1. The van der Waals surface area contributed by atoms with Gasteiger partial charge in [0.2, 0.25) is 5.91 Å². The Morgan fingerprint density at radius 1 is 1.48 bits per heavy atom. The average molecular weight is 314 g/mol. The molecule has 1 amide bonds. The Morgan fingerprint density at radius 2 is 2.19 bits per heavy atom. The topological polar surface area (TPSA) is 67.8 Å². The van der Waals surface area contributed by atoms with E-state index in [4.69, 9.17) is 21.1 Å². The molecular formula is C15H20ClNO4. The molecule has 1 saturated heterocycles. The third kappa shape index (κ3) is 4.59. The summed E-state index contributed by atoms with van der Waals surface area (Å²) in [6.45, 7) is 1.28. The number of hydrogen-bond acceptors (Lipinski definition) is 4. The zero-order valence-electron chi connectivity index (χ0n) is 12.0. The van der Waals surface area contributed by atoms with Gasteiger partial charge in [0.05, 0.1) is 19.1 Å². The zero-order chi connectivity index (χ0) is 15.3. The molecule has 0 saturated carbocycles. The number of carbonyl (C=O) groups excluding carboxylic acids is 1. The van der Waals surface area contributed by atoms with Crippen molar-refractivity contribution in [3.05, 3.63) is 28.8 Å². The van der Waals surface area contributed by atoms with E-state index >= 15 is 0 Å². The van der Waals surface area contributed by atoms with Gasteiger partial charge in [-0.2, -0.15) is 0 Å². The van der Waals surface area contributed by atoms with Gasteiger partial charge < -0.3 is 19.9 Å². The van der Waals surface area contributed by atoms with E-state index in [1.165, 1.54) is 0 Å². The van der Waals surface area contributed by atoms with Gasteiger partial charge in [0.1, 0.15) is 5.75 Å². The summed E-state index contributed by atoms with van der Waals surface area (Å²) in [5, 5.41) is 13.6. The summed E-state index contributed by atoms with van der Waals surface area (Å²) in [6, 6.07) is 5.16. The van der Waals surface area contributed by atoms with Crippen molar-refractivity contribution in [2.45, 2.75) is 24.9 Å². The first-order valence-corrected chi connectivity index (χ1v) is 7.29. The molecule has 0 bridgehead atoms. The highest BCUT2D eigenvalue weighted by atomic mass is 35.5. The minimum absolute atomic E-state index is 0.163. The maximum Gasteiger partial charge on any atom is 0.224 e. The van der Waals surface area contributed by atoms with E-state index in [0.29, 0.717) is 36.8 Å².